The fourth-order valence-electron chi connectivity index (χ4n) is 6.32. The monoisotopic (exact) mass is 917 g/mol. The lowest BCUT2D eigenvalue weighted by molar-refractivity contribution is -0.145. The number of amides is 8. The summed E-state index contributed by atoms with van der Waals surface area (Å²) in [4.78, 5) is 141. The summed E-state index contributed by atoms with van der Waals surface area (Å²) in [6, 6.07) is -11.3. The van der Waals surface area contributed by atoms with E-state index in [1.807, 2.05) is 0 Å². The van der Waals surface area contributed by atoms with Crippen LogP contribution in [0.3, 0.4) is 0 Å². The summed E-state index contributed by atoms with van der Waals surface area (Å²) in [6.07, 6.45) is -1.79. The third-order valence-electron chi connectivity index (χ3n) is 10.2. The highest BCUT2D eigenvalue weighted by atomic mass is 32.2. The summed E-state index contributed by atoms with van der Waals surface area (Å²) in [7, 11) is 0. The van der Waals surface area contributed by atoms with E-state index in [0.717, 1.165) is 6.92 Å². The summed E-state index contributed by atoms with van der Waals surface area (Å²) < 4.78 is 0. The SMILES string of the molecule is CC[C@H](C)[C@H](NC(=O)[C@@H](NC(=O)[C@H](CCC(=O)O)NC(=O)[C@H](C)N)[C@@H](C)O)C(=O)N[C@@H](CCC(=O)O)C(=O)N[C@@H](CCSC)C(=O)N1CCC[C@H]1C(=O)N[C@@H](CCC(N)=O)C(=O)O. The quantitative estimate of drug-likeness (QED) is 0.0346. The summed E-state index contributed by atoms with van der Waals surface area (Å²) in [5, 5.41) is 53.1. The molecular weight excluding hydrogens is 855 g/mol. The zero-order valence-corrected chi connectivity index (χ0v) is 36.9. The highest BCUT2D eigenvalue weighted by Crippen LogP contribution is 2.21. The molecule has 1 rings (SSSR count). The van der Waals surface area contributed by atoms with Gasteiger partial charge in [0.15, 0.2) is 0 Å². The van der Waals surface area contributed by atoms with Crippen molar-refractivity contribution in [3.05, 3.63) is 0 Å². The number of aliphatic hydroxyl groups excluding tert-OH is 1. The maximum atomic E-state index is 14.0. The Morgan fingerprint density at radius 3 is 1.63 bits per heavy atom. The van der Waals surface area contributed by atoms with Crippen LogP contribution in [0.15, 0.2) is 0 Å². The molecule has 0 aromatic rings. The van der Waals surface area contributed by atoms with Gasteiger partial charge in [-0.05, 0) is 70.3 Å². The predicted molar refractivity (Wildman–Crippen MR) is 224 cm³/mol. The van der Waals surface area contributed by atoms with Gasteiger partial charge in [-0.25, -0.2) is 4.79 Å². The number of carbonyl (C=O) groups is 11. The van der Waals surface area contributed by atoms with Gasteiger partial charge in [0.2, 0.25) is 47.3 Å². The molecule has 0 aromatic heterocycles. The van der Waals surface area contributed by atoms with Crippen LogP contribution >= 0.6 is 11.8 Å². The Kier molecular flexibility index (Phi) is 24.2. The van der Waals surface area contributed by atoms with Crippen LogP contribution in [0.4, 0.5) is 0 Å². The zero-order chi connectivity index (χ0) is 48.1. The van der Waals surface area contributed by atoms with Gasteiger partial charge in [0.05, 0.1) is 12.1 Å². The van der Waals surface area contributed by atoms with Gasteiger partial charge in [-0.3, -0.25) is 47.9 Å². The van der Waals surface area contributed by atoms with Crippen LogP contribution in [0, 0.1) is 5.92 Å². The average molecular weight is 918 g/mol. The van der Waals surface area contributed by atoms with Crippen molar-refractivity contribution in [3.63, 3.8) is 0 Å². The zero-order valence-electron chi connectivity index (χ0n) is 36.0. The first-order valence-electron chi connectivity index (χ1n) is 20.4. The minimum atomic E-state index is -1.76. The number of aliphatic hydroxyl groups is 1. The Morgan fingerprint density at radius 1 is 0.667 bits per heavy atom. The molecule has 356 valence electrons. The molecule has 63 heavy (non-hydrogen) atoms. The van der Waals surface area contributed by atoms with Crippen molar-refractivity contribution >= 4 is 76.9 Å². The van der Waals surface area contributed by atoms with E-state index in [1.165, 1.54) is 23.6 Å². The van der Waals surface area contributed by atoms with Crippen molar-refractivity contribution in [2.75, 3.05) is 18.6 Å². The fraction of sp³-hybridized carbons (Fsp3) is 0.711. The van der Waals surface area contributed by atoms with Crippen LogP contribution in [0.25, 0.3) is 0 Å². The van der Waals surface area contributed by atoms with Crippen LogP contribution in [0.5, 0.6) is 0 Å². The lowest BCUT2D eigenvalue weighted by Crippen LogP contribution is -2.62. The summed E-state index contributed by atoms with van der Waals surface area (Å²) in [5.41, 5.74) is 10.7. The maximum absolute atomic E-state index is 14.0. The third-order valence-corrected chi connectivity index (χ3v) is 10.8. The van der Waals surface area contributed by atoms with E-state index < -0.39 is 151 Å². The fourth-order valence-corrected chi connectivity index (χ4v) is 6.79. The Morgan fingerprint density at radius 2 is 1.16 bits per heavy atom. The van der Waals surface area contributed by atoms with Crippen LogP contribution in [-0.2, 0) is 52.7 Å². The normalized spacial score (nSPS) is 17.8. The molecule has 0 bridgehead atoms. The highest BCUT2D eigenvalue weighted by molar-refractivity contribution is 7.98. The van der Waals surface area contributed by atoms with Gasteiger partial charge in [0.1, 0.15) is 42.3 Å². The largest absolute Gasteiger partial charge is 0.481 e. The highest BCUT2D eigenvalue weighted by Gasteiger charge is 2.40. The van der Waals surface area contributed by atoms with Gasteiger partial charge in [0.25, 0.3) is 0 Å². The Bertz CT molecular complexity index is 1670. The summed E-state index contributed by atoms with van der Waals surface area (Å²) in [5.74, 6) is -11.6. The van der Waals surface area contributed by atoms with Gasteiger partial charge >= 0.3 is 17.9 Å². The molecule has 1 aliphatic rings. The molecule has 0 aliphatic carbocycles. The second-order valence-electron chi connectivity index (χ2n) is 15.3. The molecule has 14 N–H and O–H groups in total. The van der Waals surface area contributed by atoms with E-state index in [9.17, 15) is 68.1 Å². The van der Waals surface area contributed by atoms with Crippen LogP contribution in [0.1, 0.15) is 91.9 Å². The first-order chi connectivity index (χ1) is 29.4. The molecule has 8 amide bonds. The molecule has 0 unspecified atom stereocenters. The van der Waals surface area contributed by atoms with E-state index in [1.54, 1.807) is 20.1 Å². The second-order valence-corrected chi connectivity index (χ2v) is 16.3. The molecule has 24 nitrogen and oxygen atoms in total. The number of carbonyl (C=O) groups excluding carboxylic acids is 8. The van der Waals surface area contributed by atoms with Gasteiger partial charge in [0, 0.05) is 25.8 Å². The number of thioether (sulfide) groups is 1. The molecular formula is C38H63N9O15S. The number of nitrogens with two attached hydrogens (primary N) is 2. The number of nitrogens with one attached hydrogen (secondary N) is 6. The molecule has 10 atom stereocenters. The third kappa shape index (κ3) is 19.2. The molecule has 1 saturated heterocycles. The first-order valence-corrected chi connectivity index (χ1v) is 21.8. The minimum Gasteiger partial charge on any atom is -0.481 e. The van der Waals surface area contributed by atoms with Crippen LogP contribution in [-0.4, -0.2) is 163 Å². The Hall–Kier alpha value is -5.56. The van der Waals surface area contributed by atoms with E-state index in [2.05, 4.69) is 31.9 Å². The number of nitrogens with zero attached hydrogens (tertiary/aromatic N) is 1. The topological polar surface area (TPSA) is 396 Å². The molecule has 25 heteroatoms. The lowest BCUT2D eigenvalue weighted by Gasteiger charge is -2.31. The maximum Gasteiger partial charge on any atom is 0.326 e. The summed E-state index contributed by atoms with van der Waals surface area (Å²) >= 11 is 1.33. The van der Waals surface area contributed by atoms with E-state index >= 15 is 0 Å². The molecule has 1 aliphatic heterocycles. The van der Waals surface area contributed by atoms with Gasteiger partial charge < -0.3 is 68.7 Å². The summed E-state index contributed by atoms with van der Waals surface area (Å²) in [6.45, 7) is 5.76. The molecule has 0 saturated carbocycles. The first kappa shape index (κ1) is 55.5. The predicted octanol–water partition coefficient (Wildman–Crippen LogP) is -3.51. The Labute approximate surface area is 368 Å². The van der Waals surface area contributed by atoms with E-state index in [-0.39, 0.29) is 38.6 Å². The molecule has 0 spiro atoms. The Balaban J connectivity index is 3.38. The van der Waals surface area contributed by atoms with Crippen molar-refractivity contribution in [1.29, 1.82) is 0 Å². The van der Waals surface area contributed by atoms with E-state index in [4.69, 9.17) is 16.6 Å². The lowest BCUT2D eigenvalue weighted by atomic mass is 9.96. The number of carboxylic acids is 3. The van der Waals surface area contributed by atoms with Crippen molar-refractivity contribution < 1.29 is 73.2 Å². The number of hydrogen-bond donors (Lipinski definition) is 12. The van der Waals surface area contributed by atoms with Crippen molar-refractivity contribution in [3.8, 4) is 0 Å². The molecule has 1 fully saturated rings. The van der Waals surface area contributed by atoms with Gasteiger partial charge in [-0.1, -0.05) is 20.3 Å². The standard InChI is InChI=1S/C38H63N9O15S/c1-6-18(2)29(45-36(59)30(20(4)48)46-33(56)22(11-14-28(52)53)41-31(54)19(3)39)35(58)42-21(10-13-27(50)51)32(55)43-23(15-17-63-5)37(60)47-16-7-8-25(47)34(57)44-24(38(61)62)9-12-26(40)49/h18-25,29-30,48H,6-17,39H2,1-5H3,(H2,40,49)(H,41,54)(H,42,58)(H,43,55)(H,44,57)(H,45,59)(H,46,56)(H,50,51)(H,52,53)(H,61,62)/t18-,19-,20+,21-,22-,23-,24-,25-,29-,30-/m0/s1. The van der Waals surface area contributed by atoms with Gasteiger partial charge in [-0.15, -0.1) is 0 Å². The van der Waals surface area contributed by atoms with E-state index in [0.29, 0.717) is 12.2 Å². The van der Waals surface area contributed by atoms with Gasteiger partial charge in [-0.2, -0.15) is 11.8 Å². The van der Waals surface area contributed by atoms with Crippen molar-refractivity contribution in [1.82, 2.24) is 36.8 Å². The average Bonchev–Trinajstić information content (AvgIpc) is 3.71. The number of carboxylic acid groups (broad SMARTS) is 3. The van der Waals surface area contributed by atoms with Crippen molar-refractivity contribution in [2.45, 2.75) is 146 Å². The number of primary amides is 1. The molecule has 0 aromatic carbocycles. The minimum absolute atomic E-state index is 0.0244. The second kappa shape index (κ2) is 27.5. The molecule has 0 radical (unpaired) electrons. The number of likely N-dealkylation sites (tertiary alicyclic amines) is 1. The van der Waals surface area contributed by atoms with Crippen LogP contribution in [0.2, 0.25) is 0 Å². The van der Waals surface area contributed by atoms with Crippen LogP contribution < -0.4 is 43.4 Å². The number of aliphatic carboxylic acids is 3. The number of hydrogen-bond acceptors (Lipinski definition) is 14. The smallest absolute Gasteiger partial charge is 0.326 e. The number of rotatable bonds is 29. The van der Waals surface area contributed by atoms with Crippen molar-refractivity contribution in [2.24, 2.45) is 17.4 Å². The molecule has 1 heterocycles.